The molecule has 0 unspecified atom stereocenters. The lowest BCUT2D eigenvalue weighted by Gasteiger charge is -2.11. The molecule has 1 saturated heterocycles. The first-order valence-corrected chi connectivity index (χ1v) is 10.3. The van der Waals surface area contributed by atoms with Gasteiger partial charge in [-0.05, 0) is 69.6 Å². The van der Waals surface area contributed by atoms with E-state index in [-0.39, 0.29) is 5.91 Å². The summed E-state index contributed by atoms with van der Waals surface area (Å²) >= 11 is 6.08. The molecule has 3 heterocycles. The van der Waals surface area contributed by atoms with Crippen molar-refractivity contribution in [2.24, 2.45) is 0 Å². The molecule has 152 valence electrons. The number of nitrogens with one attached hydrogen (secondary N) is 1. The first-order valence-electron chi connectivity index (χ1n) is 9.90. The Hall–Kier alpha value is -2.57. The SMILES string of the molecule is Cc1nn(Cc2cccc(Cl)c2)c(C)c1NC(=O)c1ccc(CN2CCCC2)o1. The van der Waals surface area contributed by atoms with Crippen molar-refractivity contribution in [3.8, 4) is 0 Å². The largest absolute Gasteiger partial charge is 0.455 e. The van der Waals surface area contributed by atoms with Crippen molar-refractivity contribution in [2.45, 2.75) is 39.8 Å². The predicted molar refractivity (Wildman–Crippen MR) is 113 cm³/mol. The molecule has 0 radical (unpaired) electrons. The van der Waals surface area contributed by atoms with Crippen LogP contribution < -0.4 is 5.32 Å². The lowest BCUT2D eigenvalue weighted by atomic mass is 10.2. The van der Waals surface area contributed by atoms with Gasteiger partial charge in [-0.1, -0.05) is 23.7 Å². The molecule has 0 atom stereocenters. The number of aromatic nitrogens is 2. The van der Waals surface area contributed by atoms with Crippen LogP contribution in [0.15, 0.2) is 40.8 Å². The lowest BCUT2D eigenvalue weighted by molar-refractivity contribution is 0.0993. The molecule has 0 spiro atoms. The van der Waals surface area contributed by atoms with E-state index >= 15 is 0 Å². The Bertz CT molecular complexity index is 1020. The zero-order chi connectivity index (χ0) is 20.4. The normalized spacial score (nSPS) is 14.4. The van der Waals surface area contributed by atoms with Gasteiger partial charge in [-0.3, -0.25) is 14.4 Å². The number of rotatable bonds is 6. The smallest absolute Gasteiger partial charge is 0.291 e. The Morgan fingerprint density at radius 1 is 1.17 bits per heavy atom. The lowest BCUT2D eigenvalue weighted by Crippen LogP contribution is -2.18. The van der Waals surface area contributed by atoms with Gasteiger partial charge in [-0.25, -0.2) is 0 Å². The number of hydrogen-bond donors (Lipinski definition) is 1. The number of carbonyl (C=O) groups is 1. The number of carbonyl (C=O) groups excluding carboxylic acids is 1. The van der Waals surface area contributed by atoms with Gasteiger partial charge in [-0.15, -0.1) is 0 Å². The number of hydrogen-bond acceptors (Lipinski definition) is 4. The van der Waals surface area contributed by atoms with E-state index in [2.05, 4.69) is 15.3 Å². The molecular formula is C22H25ClN4O2. The molecule has 29 heavy (non-hydrogen) atoms. The highest BCUT2D eigenvalue weighted by Crippen LogP contribution is 2.23. The highest BCUT2D eigenvalue weighted by molar-refractivity contribution is 6.30. The fraction of sp³-hybridized carbons (Fsp3) is 0.364. The molecule has 0 saturated carbocycles. The maximum absolute atomic E-state index is 12.7. The molecule has 1 N–H and O–H groups in total. The first kappa shape index (κ1) is 19.7. The molecule has 3 aromatic rings. The summed E-state index contributed by atoms with van der Waals surface area (Å²) in [5.74, 6) is 0.883. The Balaban J connectivity index is 1.45. The van der Waals surface area contributed by atoms with Gasteiger partial charge < -0.3 is 9.73 Å². The second-order valence-corrected chi connectivity index (χ2v) is 7.97. The number of aryl methyl sites for hydroxylation is 1. The number of amides is 1. The number of likely N-dealkylation sites (tertiary alicyclic amines) is 1. The van der Waals surface area contributed by atoms with Gasteiger partial charge in [0.25, 0.3) is 5.91 Å². The van der Waals surface area contributed by atoms with E-state index in [1.807, 2.05) is 48.9 Å². The fourth-order valence-corrected chi connectivity index (χ4v) is 3.97. The average molecular weight is 413 g/mol. The molecule has 4 rings (SSSR count). The summed E-state index contributed by atoms with van der Waals surface area (Å²) in [6, 6.07) is 11.3. The van der Waals surface area contributed by atoms with Crippen LogP contribution in [-0.2, 0) is 13.1 Å². The standard InChI is InChI=1S/C22H25ClN4O2/c1-15-21(16(2)27(25-15)13-17-6-5-7-18(23)12-17)24-22(28)20-9-8-19(29-20)14-26-10-3-4-11-26/h5-9,12H,3-4,10-11,13-14H2,1-2H3,(H,24,28). The van der Waals surface area contributed by atoms with Gasteiger partial charge in [-0.2, -0.15) is 5.10 Å². The maximum Gasteiger partial charge on any atom is 0.291 e. The Kier molecular flexibility index (Phi) is 5.74. The third-order valence-electron chi connectivity index (χ3n) is 5.30. The van der Waals surface area contributed by atoms with E-state index in [0.717, 1.165) is 48.0 Å². The van der Waals surface area contributed by atoms with Crippen LogP contribution in [0.25, 0.3) is 0 Å². The van der Waals surface area contributed by atoms with Crippen LogP contribution in [-0.4, -0.2) is 33.7 Å². The molecular weight excluding hydrogens is 388 g/mol. The zero-order valence-electron chi connectivity index (χ0n) is 16.7. The molecule has 6 nitrogen and oxygen atoms in total. The van der Waals surface area contributed by atoms with Gasteiger partial charge in [0.15, 0.2) is 5.76 Å². The first-order chi connectivity index (χ1) is 14.0. The molecule has 1 fully saturated rings. The third-order valence-corrected chi connectivity index (χ3v) is 5.54. The van der Waals surface area contributed by atoms with Crippen molar-refractivity contribution in [2.75, 3.05) is 18.4 Å². The minimum atomic E-state index is -0.258. The summed E-state index contributed by atoms with van der Waals surface area (Å²) < 4.78 is 7.65. The second-order valence-electron chi connectivity index (χ2n) is 7.54. The molecule has 1 amide bonds. The van der Waals surface area contributed by atoms with Crippen LogP contribution in [0.4, 0.5) is 5.69 Å². The van der Waals surface area contributed by atoms with E-state index in [0.29, 0.717) is 17.3 Å². The van der Waals surface area contributed by atoms with Gasteiger partial charge in [0.05, 0.1) is 30.2 Å². The maximum atomic E-state index is 12.7. The van der Waals surface area contributed by atoms with E-state index in [4.69, 9.17) is 16.0 Å². The van der Waals surface area contributed by atoms with Crippen molar-refractivity contribution < 1.29 is 9.21 Å². The van der Waals surface area contributed by atoms with E-state index in [1.165, 1.54) is 12.8 Å². The van der Waals surface area contributed by atoms with Gasteiger partial charge in [0.2, 0.25) is 0 Å². The summed E-state index contributed by atoms with van der Waals surface area (Å²) in [5, 5.41) is 8.24. The van der Waals surface area contributed by atoms with Crippen LogP contribution in [0.1, 0.15) is 46.1 Å². The average Bonchev–Trinajstić information content (AvgIpc) is 3.41. The van der Waals surface area contributed by atoms with Gasteiger partial charge in [0, 0.05) is 5.02 Å². The van der Waals surface area contributed by atoms with Crippen LogP contribution in [0.5, 0.6) is 0 Å². The van der Waals surface area contributed by atoms with Crippen molar-refractivity contribution in [3.05, 3.63) is 69.9 Å². The number of benzene rings is 1. The summed E-state index contributed by atoms with van der Waals surface area (Å²) in [5.41, 5.74) is 3.43. The number of anilines is 1. The van der Waals surface area contributed by atoms with E-state index in [9.17, 15) is 4.79 Å². The van der Waals surface area contributed by atoms with Gasteiger partial charge >= 0.3 is 0 Å². The molecule has 1 aromatic carbocycles. The van der Waals surface area contributed by atoms with E-state index in [1.54, 1.807) is 6.07 Å². The zero-order valence-corrected chi connectivity index (χ0v) is 17.5. The Morgan fingerprint density at radius 3 is 2.72 bits per heavy atom. The predicted octanol–water partition coefficient (Wildman–Crippen LogP) is 4.64. The van der Waals surface area contributed by atoms with E-state index < -0.39 is 0 Å². The van der Waals surface area contributed by atoms with Crippen LogP contribution >= 0.6 is 11.6 Å². The van der Waals surface area contributed by atoms with Crippen molar-refractivity contribution in [1.29, 1.82) is 0 Å². The monoisotopic (exact) mass is 412 g/mol. The molecule has 0 aliphatic carbocycles. The fourth-order valence-electron chi connectivity index (χ4n) is 3.76. The summed E-state index contributed by atoms with van der Waals surface area (Å²) in [6.07, 6.45) is 2.46. The quantitative estimate of drug-likeness (QED) is 0.640. The van der Waals surface area contributed by atoms with Crippen molar-refractivity contribution >= 4 is 23.2 Å². The minimum absolute atomic E-state index is 0.258. The summed E-state index contributed by atoms with van der Waals surface area (Å²) in [6.45, 7) is 7.35. The number of halogens is 1. The Morgan fingerprint density at radius 2 is 1.97 bits per heavy atom. The molecule has 0 bridgehead atoms. The van der Waals surface area contributed by atoms with Crippen molar-refractivity contribution in [3.63, 3.8) is 0 Å². The number of nitrogens with zero attached hydrogens (tertiary/aromatic N) is 3. The number of furan rings is 1. The Labute approximate surface area is 175 Å². The highest BCUT2D eigenvalue weighted by atomic mass is 35.5. The van der Waals surface area contributed by atoms with Gasteiger partial charge in [0.1, 0.15) is 5.76 Å². The molecule has 1 aliphatic heterocycles. The minimum Gasteiger partial charge on any atom is -0.455 e. The van der Waals surface area contributed by atoms with Crippen molar-refractivity contribution in [1.82, 2.24) is 14.7 Å². The van der Waals surface area contributed by atoms with Crippen LogP contribution in [0.3, 0.4) is 0 Å². The molecule has 2 aromatic heterocycles. The topological polar surface area (TPSA) is 63.3 Å². The molecule has 1 aliphatic rings. The summed E-state index contributed by atoms with van der Waals surface area (Å²) in [4.78, 5) is 15.1. The third kappa shape index (κ3) is 4.54. The second kappa shape index (κ2) is 8.43. The molecule has 7 heteroatoms. The van der Waals surface area contributed by atoms with Crippen LogP contribution in [0.2, 0.25) is 5.02 Å². The highest BCUT2D eigenvalue weighted by Gasteiger charge is 2.19. The summed E-state index contributed by atoms with van der Waals surface area (Å²) in [7, 11) is 0. The van der Waals surface area contributed by atoms with Crippen LogP contribution in [0, 0.1) is 13.8 Å².